The molecule has 18 heavy (non-hydrogen) atoms. The largest absolute Gasteiger partial charge is 0.271 e. The van der Waals surface area contributed by atoms with E-state index in [1.807, 2.05) is 50.4 Å². The maximum atomic E-state index is 6.14. The van der Waals surface area contributed by atoms with Crippen molar-refractivity contribution >= 4 is 11.6 Å². The summed E-state index contributed by atoms with van der Waals surface area (Å²) in [6.07, 6.45) is 1.83. The lowest BCUT2D eigenvalue weighted by molar-refractivity contribution is 0.634. The number of nitrogens with zero attached hydrogens (tertiary/aromatic N) is 1. The van der Waals surface area contributed by atoms with Crippen molar-refractivity contribution in [3.63, 3.8) is 0 Å². The van der Waals surface area contributed by atoms with Gasteiger partial charge in [0.25, 0.3) is 0 Å². The van der Waals surface area contributed by atoms with Crippen LogP contribution in [0, 0.1) is 13.8 Å². The van der Waals surface area contributed by atoms with Gasteiger partial charge in [-0.3, -0.25) is 10.8 Å². The van der Waals surface area contributed by atoms with Crippen LogP contribution in [0.3, 0.4) is 0 Å². The molecule has 0 saturated heterocycles. The number of benzene rings is 1. The summed E-state index contributed by atoms with van der Waals surface area (Å²) >= 11 is 6.14. The highest BCUT2D eigenvalue weighted by Gasteiger charge is 2.13. The molecule has 0 aliphatic heterocycles. The van der Waals surface area contributed by atoms with Crippen LogP contribution < -0.4 is 11.3 Å². The first kappa shape index (κ1) is 13.0. The molecule has 0 spiro atoms. The van der Waals surface area contributed by atoms with Crippen LogP contribution in [0.5, 0.6) is 0 Å². The number of pyridine rings is 1. The van der Waals surface area contributed by atoms with Crippen molar-refractivity contribution in [1.82, 2.24) is 10.4 Å². The summed E-state index contributed by atoms with van der Waals surface area (Å²) in [5, 5.41) is 0.743. The lowest BCUT2D eigenvalue weighted by atomic mass is 9.99. The fraction of sp³-hybridized carbons (Fsp3) is 0.214. The molecule has 2 aromatic rings. The average Bonchev–Trinajstić information content (AvgIpc) is 2.37. The van der Waals surface area contributed by atoms with E-state index in [-0.39, 0.29) is 6.04 Å². The van der Waals surface area contributed by atoms with Crippen LogP contribution in [0.25, 0.3) is 0 Å². The van der Waals surface area contributed by atoms with E-state index in [9.17, 15) is 0 Å². The van der Waals surface area contributed by atoms with Crippen LogP contribution in [0.2, 0.25) is 5.02 Å². The van der Waals surface area contributed by atoms with Gasteiger partial charge in [0.1, 0.15) is 0 Å². The monoisotopic (exact) mass is 261 g/mol. The third-order valence-corrected chi connectivity index (χ3v) is 3.37. The Hall–Kier alpha value is -1.42. The number of hydrogen-bond donors (Lipinski definition) is 2. The Bertz CT molecular complexity index is 537. The Morgan fingerprint density at radius 3 is 2.44 bits per heavy atom. The first-order chi connectivity index (χ1) is 8.61. The molecule has 1 atom stereocenters. The zero-order chi connectivity index (χ0) is 13.1. The van der Waals surface area contributed by atoms with Gasteiger partial charge in [0.2, 0.25) is 0 Å². The van der Waals surface area contributed by atoms with E-state index in [1.54, 1.807) is 0 Å². The maximum absolute atomic E-state index is 6.14. The minimum atomic E-state index is -0.101. The molecule has 1 aromatic heterocycles. The summed E-state index contributed by atoms with van der Waals surface area (Å²) in [5.41, 5.74) is 6.88. The highest BCUT2D eigenvalue weighted by Crippen LogP contribution is 2.25. The zero-order valence-electron chi connectivity index (χ0n) is 10.4. The van der Waals surface area contributed by atoms with Crippen molar-refractivity contribution in [2.24, 2.45) is 5.84 Å². The van der Waals surface area contributed by atoms with Gasteiger partial charge >= 0.3 is 0 Å². The summed E-state index contributed by atoms with van der Waals surface area (Å²) in [7, 11) is 0. The highest BCUT2D eigenvalue weighted by atomic mass is 35.5. The Labute approximate surface area is 112 Å². The van der Waals surface area contributed by atoms with E-state index in [0.29, 0.717) is 0 Å². The van der Waals surface area contributed by atoms with E-state index in [0.717, 1.165) is 27.4 Å². The molecule has 2 rings (SSSR count). The zero-order valence-corrected chi connectivity index (χ0v) is 11.2. The lowest BCUT2D eigenvalue weighted by Gasteiger charge is -2.17. The van der Waals surface area contributed by atoms with Gasteiger partial charge in [-0.2, -0.15) is 0 Å². The first-order valence-electron chi connectivity index (χ1n) is 5.76. The number of aryl methyl sites for hydroxylation is 2. The summed E-state index contributed by atoms with van der Waals surface area (Å²) in [5.74, 6) is 5.64. The minimum absolute atomic E-state index is 0.101. The average molecular weight is 262 g/mol. The second-order valence-corrected chi connectivity index (χ2v) is 4.75. The third-order valence-electron chi connectivity index (χ3n) is 2.96. The molecule has 1 unspecified atom stereocenters. The van der Waals surface area contributed by atoms with Crippen molar-refractivity contribution < 1.29 is 0 Å². The fourth-order valence-electron chi connectivity index (χ4n) is 1.82. The molecule has 94 valence electrons. The molecule has 3 N–H and O–H groups in total. The molecule has 1 heterocycles. The Balaban J connectivity index is 2.38. The molecule has 4 heteroatoms. The van der Waals surface area contributed by atoms with Gasteiger partial charge in [0.15, 0.2) is 0 Å². The molecule has 3 nitrogen and oxygen atoms in total. The molecule has 0 bridgehead atoms. The van der Waals surface area contributed by atoms with Crippen LogP contribution in [-0.2, 0) is 0 Å². The second kappa shape index (κ2) is 5.48. The van der Waals surface area contributed by atoms with Crippen LogP contribution in [-0.4, -0.2) is 4.98 Å². The van der Waals surface area contributed by atoms with Gasteiger partial charge < -0.3 is 0 Å². The fourth-order valence-corrected chi connectivity index (χ4v) is 2.01. The van der Waals surface area contributed by atoms with E-state index < -0.39 is 0 Å². The number of halogens is 1. The van der Waals surface area contributed by atoms with Gasteiger partial charge in [0.05, 0.1) is 6.04 Å². The molecular weight excluding hydrogens is 246 g/mol. The quantitative estimate of drug-likeness (QED) is 0.660. The van der Waals surface area contributed by atoms with Crippen molar-refractivity contribution in [3.8, 4) is 0 Å². The molecule has 1 aromatic carbocycles. The lowest BCUT2D eigenvalue weighted by Crippen LogP contribution is -2.29. The predicted octanol–water partition coefficient (Wildman–Crippen LogP) is 2.90. The molecule has 0 radical (unpaired) electrons. The summed E-state index contributed by atoms with van der Waals surface area (Å²) in [6.45, 7) is 3.93. The Morgan fingerprint density at radius 2 is 1.89 bits per heavy atom. The summed E-state index contributed by atoms with van der Waals surface area (Å²) in [6, 6.07) is 9.82. The van der Waals surface area contributed by atoms with Crippen molar-refractivity contribution in [3.05, 3.63) is 63.9 Å². The standard InChI is InChI=1S/C14H16ClN3/c1-9-3-5-11(7-13(9)15)14(18-16)12-6-4-10(2)17-8-12/h3-8,14,18H,16H2,1-2H3. The van der Waals surface area contributed by atoms with Crippen LogP contribution in [0.1, 0.15) is 28.4 Å². The van der Waals surface area contributed by atoms with Crippen LogP contribution in [0.15, 0.2) is 36.5 Å². The van der Waals surface area contributed by atoms with Crippen molar-refractivity contribution in [2.75, 3.05) is 0 Å². The van der Waals surface area contributed by atoms with Crippen LogP contribution in [0.4, 0.5) is 0 Å². The number of hydrogen-bond acceptors (Lipinski definition) is 3. The predicted molar refractivity (Wildman–Crippen MR) is 74.3 cm³/mol. The molecule has 0 aliphatic carbocycles. The van der Waals surface area contributed by atoms with Crippen molar-refractivity contribution in [2.45, 2.75) is 19.9 Å². The van der Waals surface area contributed by atoms with E-state index in [1.165, 1.54) is 0 Å². The second-order valence-electron chi connectivity index (χ2n) is 4.34. The molecule has 0 amide bonds. The molecule has 0 saturated carbocycles. The minimum Gasteiger partial charge on any atom is -0.271 e. The van der Waals surface area contributed by atoms with Gasteiger partial charge in [0, 0.05) is 16.9 Å². The van der Waals surface area contributed by atoms with Crippen LogP contribution >= 0.6 is 11.6 Å². The number of hydrazine groups is 1. The third kappa shape index (κ3) is 2.70. The normalized spacial score (nSPS) is 12.4. The smallest absolute Gasteiger partial charge is 0.0725 e. The number of rotatable bonds is 3. The van der Waals surface area contributed by atoms with E-state index in [2.05, 4.69) is 10.4 Å². The Morgan fingerprint density at radius 1 is 1.17 bits per heavy atom. The summed E-state index contributed by atoms with van der Waals surface area (Å²) in [4.78, 5) is 4.28. The number of nitrogens with one attached hydrogen (secondary N) is 1. The summed E-state index contributed by atoms with van der Waals surface area (Å²) < 4.78 is 0. The molecular formula is C14H16ClN3. The molecule has 0 fully saturated rings. The van der Waals surface area contributed by atoms with E-state index in [4.69, 9.17) is 17.4 Å². The van der Waals surface area contributed by atoms with Crippen molar-refractivity contribution in [1.29, 1.82) is 0 Å². The number of nitrogens with two attached hydrogens (primary N) is 1. The SMILES string of the molecule is Cc1ccc(C(NN)c2ccc(C)c(Cl)c2)cn1. The topological polar surface area (TPSA) is 50.9 Å². The highest BCUT2D eigenvalue weighted by molar-refractivity contribution is 6.31. The van der Waals surface area contributed by atoms with Gasteiger partial charge in [-0.05, 0) is 42.7 Å². The maximum Gasteiger partial charge on any atom is 0.0725 e. The van der Waals surface area contributed by atoms with E-state index >= 15 is 0 Å². The van der Waals surface area contributed by atoms with Gasteiger partial charge in [-0.15, -0.1) is 0 Å². The van der Waals surface area contributed by atoms with Gasteiger partial charge in [-0.25, -0.2) is 5.43 Å². The Kier molecular flexibility index (Phi) is 3.97. The number of aromatic nitrogens is 1. The first-order valence-corrected chi connectivity index (χ1v) is 6.14. The molecule has 0 aliphatic rings. The van der Waals surface area contributed by atoms with Gasteiger partial charge in [-0.1, -0.05) is 29.8 Å².